The van der Waals surface area contributed by atoms with Crippen LogP contribution in [0, 0.1) is 18.3 Å². The second-order valence-electron chi connectivity index (χ2n) is 6.90. The number of benzene rings is 1. The van der Waals surface area contributed by atoms with Gasteiger partial charge in [-0.3, -0.25) is 4.79 Å². The van der Waals surface area contributed by atoms with Crippen molar-refractivity contribution >= 4 is 23.3 Å². The van der Waals surface area contributed by atoms with Crippen LogP contribution in [0.15, 0.2) is 36.4 Å². The number of nitrogens with one attached hydrogen (secondary N) is 2. The molecule has 1 saturated heterocycles. The van der Waals surface area contributed by atoms with Crippen molar-refractivity contribution in [3.05, 3.63) is 51.7 Å². The molecule has 1 fully saturated rings. The molecule has 1 aliphatic heterocycles. The van der Waals surface area contributed by atoms with Crippen LogP contribution in [0.3, 0.4) is 0 Å². The highest BCUT2D eigenvalue weighted by Gasteiger charge is 2.24. The fourth-order valence-electron chi connectivity index (χ4n) is 3.19. The number of nitriles is 1. The lowest BCUT2D eigenvalue weighted by atomic mass is 10.1. The predicted octanol–water partition coefficient (Wildman–Crippen LogP) is 3.06. The zero-order valence-corrected chi connectivity index (χ0v) is 17.1. The molecule has 29 heavy (non-hydrogen) atoms. The molecule has 0 aliphatic carbocycles. The van der Waals surface area contributed by atoms with Gasteiger partial charge in [-0.15, -0.1) is 11.3 Å². The molecule has 0 unspecified atom stereocenters. The Morgan fingerprint density at radius 3 is 2.76 bits per heavy atom. The average molecular weight is 413 g/mol. The van der Waals surface area contributed by atoms with Crippen molar-refractivity contribution in [2.45, 2.75) is 32.4 Å². The molecular weight excluding hydrogens is 388 g/mol. The van der Waals surface area contributed by atoms with Crippen LogP contribution in [0.4, 0.5) is 4.79 Å². The molecule has 152 valence electrons. The summed E-state index contributed by atoms with van der Waals surface area (Å²) in [6.45, 7) is 3.57. The summed E-state index contributed by atoms with van der Waals surface area (Å²) in [6, 6.07) is 13.0. The summed E-state index contributed by atoms with van der Waals surface area (Å²) >= 11 is 1.49. The normalized spacial score (nSPS) is 14.1. The molecule has 2 aromatic rings. The second-order valence-corrected chi connectivity index (χ2v) is 8.19. The first-order valence-electron chi connectivity index (χ1n) is 9.54. The lowest BCUT2D eigenvalue weighted by Gasteiger charge is -2.32. The van der Waals surface area contributed by atoms with Crippen molar-refractivity contribution < 1.29 is 14.3 Å². The first kappa shape index (κ1) is 20.7. The number of nitrogens with zero attached hydrogens (tertiary/aromatic N) is 2. The van der Waals surface area contributed by atoms with Gasteiger partial charge >= 0.3 is 6.03 Å². The summed E-state index contributed by atoms with van der Waals surface area (Å²) in [5.74, 6) is 0.570. The first-order chi connectivity index (χ1) is 14.0. The fraction of sp³-hybridized carbons (Fsp3) is 0.381. The molecule has 8 heteroatoms. The van der Waals surface area contributed by atoms with E-state index in [1.165, 1.54) is 11.3 Å². The highest BCUT2D eigenvalue weighted by molar-refractivity contribution is 7.13. The lowest BCUT2D eigenvalue weighted by molar-refractivity contribution is 0.0922. The van der Waals surface area contributed by atoms with Gasteiger partial charge in [0.25, 0.3) is 5.91 Å². The molecule has 0 saturated carbocycles. The van der Waals surface area contributed by atoms with E-state index in [0.29, 0.717) is 25.4 Å². The Morgan fingerprint density at radius 1 is 1.28 bits per heavy atom. The fourth-order valence-corrected chi connectivity index (χ4v) is 3.96. The molecule has 2 heterocycles. The predicted molar refractivity (Wildman–Crippen MR) is 111 cm³/mol. The van der Waals surface area contributed by atoms with Gasteiger partial charge in [0.05, 0.1) is 4.88 Å². The molecule has 0 spiro atoms. The first-order valence-corrected chi connectivity index (χ1v) is 10.4. The number of hydrogen-bond acceptors (Lipinski definition) is 5. The van der Waals surface area contributed by atoms with Gasteiger partial charge in [0, 0.05) is 30.6 Å². The van der Waals surface area contributed by atoms with Crippen molar-refractivity contribution in [1.29, 1.82) is 5.26 Å². The number of piperidine rings is 1. The number of thiophene rings is 1. The standard InChI is InChI=1S/C21H24N4O3S/c1-15-5-6-19(29-15)20(26)24-17-7-10-25(11-8-17)21(27)23-14-16-3-2-4-18(13-16)28-12-9-22/h2-6,13,17H,7-8,10-12,14H2,1H3,(H,23,27)(H,24,26). The van der Waals surface area contributed by atoms with E-state index in [1.54, 1.807) is 11.0 Å². The van der Waals surface area contributed by atoms with E-state index in [0.717, 1.165) is 28.2 Å². The Morgan fingerprint density at radius 2 is 2.07 bits per heavy atom. The molecule has 0 radical (unpaired) electrons. The quantitative estimate of drug-likeness (QED) is 0.762. The van der Waals surface area contributed by atoms with Crippen LogP contribution < -0.4 is 15.4 Å². The number of carbonyl (C=O) groups is 2. The van der Waals surface area contributed by atoms with Crippen LogP contribution >= 0.6 is 11.3 Å². The number of urea groups is 1. The van der Waals surface area contributed by atoms with Crippen LogP contribution in [-0.4, -0.2) is 42.6 Å². The van der Waals surface area contributed by atoms with Gasteiger partial charge in [0.2, 0.25) is 0 Å². The van der Waals surface area contributed by atoms with Gasteiger partial charge in [-0.1, -0.05) is 12.1 Å². The molecule has 7 nitrogen and oxygen atoms in total. The van der Waals surface area contributed by atoms with Crippen molar-refractivity contribution in [2.24, 2.45) is 0 Å². The van der Waals surface area contributed by atoms with Crippen molar-refractivity contribution in [1.82, 2.24) is 15.5 Å². The monoisotopic (exact) mass is 412 g/mol. The zero-order valence-electron chi connectivity index (χ0n) is 16.3. The molecule has 0 atom stereocenters. The van der Waals surface area contributed by atoms with Crippen molar-refractivity contribution in [3.63, 3.8) is 0 Å². The van der Waals surface area contributed by atoms with Crippen LogP contribution in [0.5, 0.6) is 5.75 Å². The van der Waals surface area contributed by atoms with E-state index in [1.807, 2.05) is 43.3 Å². The molecule has 1 aliphatic rings. The maximum atomic E-state index is 12.4. The summed E-state index contributed by atoms with van der Waals surface area (Å²) in [6.07, 6.45) is 1.47. The van der Waals surface area contributed by atoms with Gasteiger partial charge in [-0.2, -0.15) is 5.26 Å². The van der Waals surface area contributed by atoms with Crippen LogP contribution in [-0.2, 0) is 6.54 Å². The molecule has 1 aromatic carbocycles. The molecule has 2 N–H and O–H groups in total. The second kappa shape index (κ2) is 9.94. The summed E-state index contributed by atoms with van der Waals surface area (Å²) in [5, 5.41) is 14.6. The van der Waals surface area contributed by atoms with Gasteiger partial charge in [0.1, 0.15) is 11.8 Å². The third kappa shape index (κ3) is 5.96. The number of hydrogen-bond donors (Lipinski definition) is 2. The van der Waals surface area contributed by atoms with E-state index in [4.69, 9.17) is 10.00 Å². The SMILES string of the molecule is Cc1ccc(C(=O)NC2CCN(C(=O)NCc3cccc(OCC#N)c3)CC2)s1. The van der Waals surface area contributed by atoms with E-state index >= 15 is 0 Å². The smallest absolute Gasteiger partial charge is 0.317 e. The van der Waals surface area contributed by atoms with Crippen LogP contribution in [0.2, 0.25) is 0 Å². The average Bonchev–Trinajstić information content (AvgIpc) is 3.18. The molecular formula is C21H24N4O3S. The van der Waals surface area contributed by atoms with Crippen molar-refractivity contribution in [3.8, 4) is 11.8 Å². The van der Waals surface area contributed by atoms with Crippen molar-refractivity contribution in [2.75, 3.05) is 19.7 Å². The molecule has 3 amide bonds. The van der Waals surface area contributed by atoms with Gasteiger partial charge in [-0.05, 0) is 49.6 Å². The topological polar surface area (TPSA) is 94.5 Å². The van der Waals surface area contributed by atoms with Gasteiger partial charge in [0.15, 0.2) is 6.61 Å². The van der Waals surface area contributed by atoms with E-state index in [-0.39, 0.29) is 24.6 Å². The van der Waals surface area contributed by atoms with Gasteiger partial charge < -0.3 is 20.3 Å². The van der Waals surface area contributed by atoms with Crippen LogP contribution in [0.1, 0.15) is 33.0 Å². The highest BCUT2D eigenvalue weighted by atomic mass is 32.1. The lowest BCUT2D eigenvalue weighted by Crippen LogP contribution is -2.49. The number of carbonyl (C=O) groups excluding carboxylic acids is 2. The summed E-state index contributed by atoms with van der Waals surface area (Å²) < 4.78 is 5.28. The number of ether oxygens (including phenoxy) is 1. The Kier molecular flexibility index (Phi) is 7.09. The third-order valence-electron chi connectivity index (χ3n) is 4.73. The van der Waals surface area contributed by atoms with E-state index in [2.05, 4.69) is 10.6 Å². The summed E-state index contributed by atoms with van der Waals surface area (Å²) in [5.41, 5.74) is 0.905. The minimum atomic E-state index is -0.119. The van der Waals surface area contributed by atoms with E-state index < -0.39 is 0 Å². The van der Waals surface area contributed by atoms with Gasteiger partial charge in [-0.25, -0.2) is 4.79 Å². The third-order valence-corrected chi connectivity index (χ3v) is 5.73. The Balaban J connectivity index is 1.42. The Labute approximate surface area is 174 Å². The summed E-state index contributed by atoms with van der Waals surface area (Å²) in [4.78, 5) is 28.3. The Bertz CT molecular complexity index is 897. The minimum Gasteiger partial charge on any atom is -0.479 e. The molecule has 3 rings (SSSR count). The van der Waals surface area contributed by atoms with E-state index in [9.17, 15) is 9.59 Å². The number of aryl methyl sites for hydroxylation is 1. The largest absolute Gasteiger partial charge is 0.479 e. The molecule has 0 bridgehead atoms. The number of amides is 3. The number of likely N-dealkylation sites (tertiary alicyclic amines) is 1. The minimum absolute atomic E-state index is 0.00656. The summed E-state index contributed by atoms with van der Waals surface area (Å²) in [7, 11) is 0. The number of rotatable bonds is 6. The Hall–Kier alpha value is -3.05. The zero-order chi connectivity index (χ0) is 20.6. The highest BCUT2D eigenvalue weighted by Crippen LogP contribution is 2.17. The maximum absolute atomic E-state index is 12.4. The van der Waals surface area contributed by atoms with Crippen LogP contribution in [0.25, 0.3) is 0 Å². The molecule has 1 aromatic heterocycles. The maximum Gasteiger partial charge on any atom is 0.317 e.